The first-order chi connectivity index (χ1) is 10.1. The van der Waals surface area contributed by atoms with Crippen LogP contribution >= 0.6 is 0 Å². The lowest BCUT2D eigenvalue weighted by Crippen LogP contribution is -2.47. The fourth-order valence-corrected chi connectivity index (χ4v) is 6.98. The minimum absolute atomic E-state index is 0.521. The molecule has 0 saturated heterocycles. The van der Waals surface area contributed by atoms with E-state index in [0.717, 1.165) is 42.4 Å². The highest BCUT2D eigenvalue weighted by molar-refractivity contribution is 5.79. The van der Waals surface area contributed by atoms with Crippen LogP contribution in [0.1, 0.15) is 71.6 Å². The summed E-state index contributed by atoms with van der Waals surface area (Å²) in [5.41, 5.74) is 2.28. The molecule has 1 heteroatoms. The van der Waals surface area contributed by atoms with Crippen molar-refractivity contribution in [3.63, 3.8) is 0 Å². The Balaban J connectivity index is 1.59. The van der Waals surface area contributed by atoms with Crippen LogP contribution in [0.2, 0.25) is 0 Å². The van der Waals surface area contributed by atoms with E-state index in [2.05, 4.69) is 19.9 Å². The van der Waals surface area contributed by atoms with Gasteiger partial charge in [-0.1, -0.05) is 18.6 Å². The molecule has 0 spiro atoms. The van der Waals surface area contributed by atoms with Gasteiger partial charge in [0.1, 0.15) is 5.78 Å². The van der Waals surface area contributed by atoms with Gasteiger partial charge in [-0.15, -0.1) is 0 Å². The average Bonchev–Trinajstić information content (AvgIpc) is 2.83. The SMILES string of the molecule is C/C=C1/CCC2C3CCC4CC(=O)CCC4C3CCC12C. The Bertz CT molecular complexity index is 476. The summed E-state index contributed by atoms with van der Waals surface area (Å²) in [6.07, 6.45) is 13.8. The van der Waals surface area contributed by atoms with E-state index in [0.29, 0.717) is 11.2 Å². The summed E-state index contributed by atoms with van der Waals surface area (Å²) in [6, 6.07) is 0. The van der Waals surface area contributed by atoms with Crippen molar-refractivity contribution in [2.75, 3.05) is 0 Å². The summed E-state index contributed by atoms with van der Waals surface area (Å²) in [7, 11) is 0. The number of rotatable bonds is 0. The van der Waals surface area contributed by atoms with Gasteiger partial charge in [-0.05, 0) is 86.9 Å². The molecule has 4 saturated carbocycles. The van der Waals surface area contributed by atoms with Gasteiger partial charge in [0.15, 0.2) is 0 Å². The Labute approximate surface area is 129 Å². The molecule has 0 aromatic carbocycles. The monoisotopic (exact) mass is 286 g/mol. The summed E-state index contributed by atoms with van der Waals surface area (Å²) < 4.78 is 0. The van der Waals surface area contributed by atoms with Crippen molar-refractivity contribution >= 4 is 5.78 Å². The van der Waals surface area contributed by atoms with Crippen LogP contribution in [-0.4, -0.2) is 5.78 Å². The molecule has 0 N–H and O–H groups in total. The predicted octanol–water partition coefficient (Wildman–Crippen LogP) is 5.15. The zero-order valence-electron chi connectivity index (χ0n) is 13.7. The molecule has 0 aliphatic heterocycles. The molecule has 4 fully saturated rings. The van der Waals surface area contributed by atoms with Crippen LogP contribution in [0.3, 0.4) is 0 Å². The second-order valence-electron chi connectivity index (χ2n) is 8.53. The summed E-state index contributed by atoms with van der Waals surface area (Å²) >= 11 is 0. The average molecular weight is 286 g/mol. The van der Waals surface area contributed by atoms with Crippen LogP contribution in [0, 0.1) is 35.0 Å². The first-order valence-electron chi connectivity index (χ1n) is 9.31. The number of hydrogen-bond acceptors (Lipinski definition) is 1. The molecule has 0 aromatic heterocycles. The zero-order valence-corrected chi connectivity index (χ0v) is 13.7. The summed E-state index contributed by atoms with van der Waals surface area (Å²) in [5.74, 6) is 5.05. The molecule has 0 bridgehead atoms. The van der Waals surface area contributed by atoms with Crippen molar-refractivity contribution < 1.29 is 4.79 Å². The minimum Gasteiger partial charge on any atom is -0.300 e. The van der Waals surface area contributed by atoms with Gasteiger partial charge in [-0.2, -0.15) is 0 Å². The Hall–Kier alpha value is -0.590. The molecule has 4 rings (SSSR count). The Morgan fingerprint density at radius 3 is 2.67 bits per heavy atom. The highest BCUT2D eigenvalue weighted by Crippen LogP contribution is 2.63. The number of allylic oxidation sites excluding steroid dienone is 2. The van der Waals surface area contributed by atoms with Gasteiger partial charge in [0.25, 0.3) is 0 Å². The number of fused-ring (bicyclic) bond motifs is 5. The van der Waals surface area contributed by atoms with Gasteiger partial charge in [-0.3, -0.25) is 4.79 Å². The first kappa shape index (κ1) is 14.0. The molecule has 0 aromatic rings. The number of carbonyl (C=O) groups is 1. The van der Waals surface area contributed by atoms with Crippen molar-refractivity contribution in [3.05, 3.63) is 11.6 Å². The fraction of sp³-hybridized carbons (Fsp3) is 0.850. The van der Waals surface area contributed by atoms with Crippen LogP contribution in [0.25, 0.3) is 0 Å². The maximum atomic E-state index is 11.8. The predicted molar refractivity (Wildman–Crippen MR) is 85.9 cm³/mol. The van der Waals surface area contributed by atoms with E-state index in [4.69, 9.17) is 0 Å². The Kier molecular flexibility index (Phi) is 3.32. The molecule has 0 heterocycles. The largest absolute Gasteiger partial charge is 0.300 e. The summed E-state index contributed by atoms with van der Waals surface area (Å²) in [4.78, 5) is 11.8. The molecule has 1 nitrogen and oxygen atoms in total. The van der Waals surface area contributed by atoms with E-state index in [1.165, 1.54) is 44.9 Å². The van der Waals surface area contributed by atoms with E-state index >= 15 is 0 Å². The third-order valence-corrected chi connectivity index (χ3v) is 7.96. The molecular weight excluding hydrogens is 256 g/mol. The zero-order chi connectivity index (χ0) is 14.6. The first-order valence-corrected chi connectivity index (χ1v) is 9.31. The van der Waals surface area contributed by atoms with Crippen LogP contribution in [0.5, 0.6) is 0 Å². The maximum Gasteiger partial charge on any atom is 0.133 e. The second-order valence-corrected chi connectivity index (χ2v) is 8.53. The molecular formula is C20H30O. The van der Waals surface area contributed by atoms with Crippen molar-refractivity contribution in [1.29, 1.82) is 0 Å². The standard InChI is InChI=1S/C20H30O/c1-3-14-5-9-19-18-7-4-13-12-15(21)6-8-16(13)17(18)10-11-20(14,19)2/h3,13,16-19H,4-12H2,1-2H3/b14-3-. The number of carbonyl (C=O) groups excluding carboxylic acids is 1. The van der Waals surface area contributed by atoms with Crippen LogP contribution < -0.4 is 0 Å². The van der Waals surface area contributed by atoms with E-state index in [-0.39, 0.29) is 0 Å². The van der Waals surface area contributed by atoms with Crippen molar-refractivity contribution in [2.24, 2.45) is 35.0 Å². The van der Waals surface area contributed by atoms with Crippen LogP contribution in [0.4, 0.5) is 0 Å². The van der Waals surface area contributed by atoms with E-state index in [9.17, 15) is 4.79 Å². The third kappa shape index (κ3) is 1.99. The van der Waals surface area contributed by atoms with E-state index < -0.39 is 0 Å². The van der Waals surface area contributed by atoms with E-state index in [1.807, 2.05) is 0 Å². The molecule has 0 amide bonds. The normalized spacial score (nSPS) is 51.4. The number of ketones is 1. The quantitative estimate of drug-likeness (QED) is 0.562. The van der Waals surface area contributed by atoms with E-state index in [1.54, 1.807) is 5.57 Å². The summed E-state index contributed by atoms with van der Waals surface area (Å²) in [6.45, 7) is 4.81. The highest BCUT2D eigenvalue weighted by atomic mass is 16.1. The molecule has 6 atom stereocenters. The topological polar surface area (TPSA) is 17.1 Å². The second kappa shape index (κ2) is 4.96. The van der Waals surface area contributed by atoms with Crippen LogP contribution in [0.15, 0.2) is 11.6 Å². The van der Waals surface area contributed by atoms with Gasteiger partial charge in [0.05, 0.1) is 0 Å². The molecule has 6 unspecified atom stereocenters. The highest BCUT2D eigenvalue weighted by Gasteiger charge is 2.54. The maximum absolute atomic E-state index is 11.8. The van der Waals surface area contributed by atoms with Gasteiger partial charge in [-0.25, -0.2) is 0 Å². The Morgan fingerprint density at radius 1 is 1.00 bits per heavy atom. The molecule has 21 heavy (non-hydrogen) atoms. The molecule has 4 aliphatic rings. The van der Waals surface area contributed by atoms with Crippen molar-refractivity contribution in [2.45, 2.75) is 71.6 Å². The van der Waals surface area contributed by atoms with Gasteiger partial charge < -0.3 is 0 Å². The van der Waals surface area contributed by atoms with Gasteiger partial charge in [0, 0.05) is 12.8 Å². The van der Waals surface area contributed by atoms with Crippen LogP contribution in [-0.2, 0) is 4.79 Å². The lowest BCUT2D eigenvalue weighted by molar-refractivity contribution is -0.126. The molecule has 116 valence electrons. The van der Waals surface area contributed by atoms with Crippen molar-refractivity contribution in [1.82, 2.24) is 0 Å². The third-order valence-electron chi connectivity index (χ3n) is 7.96. The van der Waals surface area contributed by atoms with Gasteiger partial charge >= 0.3 is 0 Å². The smallest absolute Gasteiger partial charge is 0.133 e. The van der Waals surface area contributed by atoms with Crippen molar-refractivity contribution in [3.8, 4) is 0 Å². The Morgan fingerprint density at radius 2 is 1.86 bits per heavy atom. The molecule has 4 aliphatic carbocycles. The number of hydrogen-bond donors (Lipinski definition) is 0. The fourth-order valence-electron chi connectivity index (χ4n) is 6.98. The lowest BCUT2D eigenvalue weighted by Gasteiger charge is -2.54. The number of Topliss-reactive ketones (excluding diaryl/α,β-unsaturated/α-hetero) is 1. The minimum atomic E-state index is 0.521. The lowest BCUT2D eigenvalue weighted by atomic mass is 9.50. The van der Waals surface area contributed by atoms with Gasteiger partial charge in [0.2, 0.25) is 0 Å². The summed E-state index contributed by atoms with van der Waals surface area (Å²) in [5, 5.41) is 0. The molecule has 0 radical (unpaired) electrons.